The summed E-state index contributed by atoms with van der Waals surface area (Å²) in [5.41, 5.74) is 0.987. The van der Waals surface area contributed by atoms with Gasteiger partial charge >= 0.3 is 0 Å². The van der Waals surface area contributed by atoms with E-state index >= 15 is 0 Å². The Kier molecular flexibility index (Phi) is 4.68. The zero-order valence-corrected chi connectivity index (χ0v) is 11.1. The second-order valence-corrected chi connectivity index (χ2v) is 5.88. The van der Waals surface area contributed by atoms with Gasteiger partial charge in [-0.25, -0.2) is 0 Å². The van der Waals surface area contributed by atoms with Crippen molar-refractivity contribution in [3.05, 3.63) is 29.8 Å². The van der Waals surface area contributed by atoms with Crippen LogP contribution in [-0.4, -0.2) is 26.2 Å². The Morgan fingerprint density at radius 1 is 1.24 bits per heavy atom. The van der Waals surface area contributed by atoms with E-state index in [1.165, 1.54) is 12.1 Å². The summed E-state index contributed by atoms with van der Waals surface area (Å²) >= 11 is 0. The van der Waals surface area contributed by atoms with E-state index in [9.17, 15) is 13.5 Å². The summed E-state index contributed by atoms with van der Waals surface area (Å²) in [6.45, 7) is 5.20. The van der Waals surface area contributed by atoms with Crippen molar-refractivity contribution in [2.45, 2.75) is 31.8 Å². The molecular weight excluding hydrogens is 240 g/mol. The summed E-state index contributed by atoms with van der Waals surface area (Å²) in [4.78, 5) is 0.140. The van der Waals surface area contributed by atoms with E-state index in [0.29, 0.717) is 0 Å². The van der Waals surface area contributed by atoms with Crippen LogP contribution in [0, 0.1) is 12.8 Å². The molecule has 0 amide bonds. The summed E-state index contributed by atoms with van der Waals surface area (Å²) < 4.78 is 28.4. The highest BCUT2D eigenvalue weighted by atomic mass is 32.2. The van der Waals surface area contributed by atoms with Crippen molar-refractivity contribution in [3.8, 4) is 0 Å². The average Bonchev–Trinajstić information content (AvgIpc) is 2.26. The Hall–Kier alpha value is -0.910. The first-order chi connectivity index (χ1) is 7.83. The maximum atomic E-state index is 11.8. The van der Waals surface area contributed by atoms with Crippen LogP contribution in [0.4, 0.5) is 0 Å². The van der Waals surface area contributed by atoms with Crippen molar-refractivity contribution in [3.63, 3.8) is 0 Å². The highest BCUT2D eigenvalue weighted by Gasteiger charge is 2.18. The van der Waals surface area contributed by atoms with Crippen molar-refractivity contribution in [1.29, 1.82) is 0 Å². The molecule has 17 heavy (non-hydrogen) atoms. The molecule has 0 unspecified atom stereocenters. The van der Waals surface area contributed by atoms with Gasteiger partial charge in [-0.3, -0.25) is 4.18 Å². The zero-order valence-electron chi connectivity index (χ0n) is 10.3. The Morgan fingerprint density at radius 3 is 2.24 bits per heavy atom. The van der Waals surface area contributed by atoms with E-state index in [1.54, 1.807) is 26.0 Å². The molecule has 4 nitrogen and oxygen atoms in total. The van der Waals surface area contributed by atoms with Gasteiger partial charge < -0.3 is 5.11 Å². The van der Waals surface area contributed by atoms with E-state index in [1.807, 2.05) is 6.92 Å². The molecule has 0 spiro atoms. The molecule has 0 bridgehead atoms. The molecule has 96 valence electrons. The van der Waals surface area contributed by atoms with Crippen LogP contribution in [-0.2, 0) is 14.3 Å². The van der Waals surface area contributed by atoms with Gasteiger partial charge in [-0.05, 0) is 26.0 Å². The predicted octanol–water partition coefficient (Wildman–Crippen LogP) is 1.72. The summed E-state index contributed by atoms with van der Waals surface area (Å²) in [6, 6.07) is 6.46. The summed E-state index contributed by atoms with van der Waals surface area (Å²) in [6.07, 6.45) is -0.594. The third-order valence-electron chi connectivity index (χ3n) is 2.62. The number of rotatable bonds is 5. The third-order valence-corrected chi connectivity index (χ3v) is 3.92. The first-order valence-corrected chi connectivity index (χ1v) is 6.88. The first-order valence-electron chi connectivity index (χ1n) is 5.47. The lowest BCUT2D eigenvalue weighted by atomic mass is 10.1. The molecule has 0 heterocycles. The fraction of sp³-hybridized carbons (Fsp3) is 0.500. The lowest BCUT2D eigenvalue weighted by Crippen LogP contribution is -2.21. The minimum atomic E-state index is -3.72. The zero-order chi connectivity index (χ0) is 13.1. The lowest BCUT2D eigenvalue weighted by Gasteiger charge is -2.14. The number of aryl methyl sites for hydroxylation is 1. The third kappa shape index (κ3) is 4.11. The van der Waals surface area contributed by atoms with E-state index in [0.717, 1.165) is 5.56 Å². The number of benzene rings is 1. The predicted molar refractivity (Wildman–Crippen MR) is 65.2 cm³/mol. The Morgan fingerprint density at radius 2 is 1.76 bits per heavy atom. The quantitative estimate of drug-likeness (QED) is 0.817. The lowest BCUT2D eigenvalue weighted by molar-refractivity contribution is 0.101. The minimum Gasteiger partial charge on any atom is -0.393 e. The molecule has 0 aliphatic carbocycles. The van der Waals surface area contributed by atoms with Gasteiger partial charge in [0, 0.05) is 5.92 Å². The largest absolute Gasteiger partial charge is 0.393 e. The molecule has 0 saturated carbocycles. The molecule has 0 aliphatic rings. The van der Waals surface area contributed by atoms with Gasteiger partial charge in [-0.1, -0.05) is 24.6 Å². The smallest absolute Gasteiger partial charge is 0.296 e. The second-order valence-electron chi connectivity index (χ2n) is 4.27. The summed E-state index contributed by atoms with van der Waals surface area (Å²) in [5, 5.41) is 9.25. The Balaban J connectivity index is 2.72. The molecule has 2 atom stereocenters. The fourth-order valence-corrected chi connectivity index (χ4v) is 2.11. The molecule has 0 saturated heterocycles. The van der Waals surface area contributed by atoms with Crippen LogP contribution in [0.5, 0.6) is 0 Å². The number of hydrogen-bond donors (Lipinski definition) is 1. The minimum absolute atomic E-state index is 0.0200. The summed E-state index contributed by atoms with van der Waals surface area (Å²) in [7, 11) is -3.72. The van der Waals surface area contributed by atoms with Crippen LogP contribution in [0.25, 0.3) is 0 Å². The SMILES string of the molecule is Cc1ccc(S(=O)(=O)OC[C@H](C)[C@H](C)O)cc1. The van der Waals surface area contributed by atoms with Crippen LogP contribution in [0.1, 0.15) is 19.4 Å². The van der Waals surface area contributed by atoms with Crippen LogP contribution < -0.4 is 0 Å². The molecule has 0 fully saturated rings. The molecule has 1 rings (SSSR count). The molecule has 1 N–H and O–H groups in total. The molecule has 0 radical (unpaired) electrons. The molecular formula is C12H18O4S. The summed E-state index contributed by atoms with van der Waals surface area (Å²) in [5.74, 6) is -0.227. The average molecular weight is 258 g/mol. The van der Waals surface area contributed by atoms with Crippen LogP contribution in [0.15, 0.2) is 29.2 Å². The van der Waals surface area contributed by atoms with Gasteiger partial charge in [0.1, 0.15) is 0 Å². The van der Waals surface area contributed by atoms with Crippen LogP contribution in [0.2, 0.25) is 0 Å². The van der Waals surface area contributed by atoms with E-state index in [2.05, 4.69) is 0 Å². The van der Waals surface area contributed by atoms with Crippen molar-refractivity contribution < 1.29 is 17.7 Å². The van der Waals surface area contributed by atoms with Gasteiger partial charge in [-0.2, -0.15) is 8.42 Å². The molecule has 0 aliphatic heterocycles. The maximum absolute atomic E-state index is 11.8. The van der Waals surface area contributed by atoms with E-state index in [-0.39, 0.29) is 17.4 Å². The van der Waals surface area contributed by atoms with E-state index < -0.39 is 16.2 Å². The topological polar surface area (TPSA) is 63.6 Å². The normalized spacial score (nSPS) is 15.5. The monoisotopic (exact) mass is 258 g/mol. The van der Waals surface area contributed by atoms with Crippen molar-refractivity contribution in [2.24, 2.45) is 5.92 Å². The molecule has 0 aromatic heterocycles. The maximum Gasteiger partial charge on any atom is 0.296 e. The number of aliphatic hydroxyl groups is 1. The van der Waals surface area contributed by atoms with Gasteiger partial charge in [0.15, 0.2) is 0 Å². The second kappa shape index (κ2) is 5.62. The Bertz CT molecular complexity index is 448. The molecule has 1 aromatic rings. The molecule has 5 heteroatoms. The van der Waals surface area contributed by atoms with Gasteiger partial charge in [0.05, 0.1) is 17.6 Å². The van der Waals surface area contributed by atoms with Crippen molar-refractivity contribution in [2.75, 3.05) is 6.61 Å². The highest BCUT2D eigenvalue weighted by Crippen LogP contribution is 2.15. The van der Waals surface area contributed by atoms with Crippen molar-refractivity contribution >= 4 is 10.1 Å². The van der Waals surface area contributed by atoms with Crippen LogP contribution in [0.3, 0.4) is 0 Å². The number of aliphatic hydroxyl groups excluding tert-OH is 1. The van der Waals surface area contributed by atoms with Crippen LogP contribution >= 0.6 is 0 Å². The highest BCUT2D eigenvalue weighted by molar-refractivity contribution is 7.86. The van der Waals surface area contributed by atoms with Gasteiger partial charge in [-0.15, -0.1) is 0 Å². The van der Waals surface area contributed by atoms with E-state index in [4.69, 9.17) is 4.18 Å². The number of hydrogen-bond acceptors (Lipinski definition) is 4. The van der Waals surface area contributed by atoms with Crippen molar-refractivity contribution in [1.82, 2.24) is 0 Å². The standard InChI is InChI=1S/C12H18O4S/c1-9-4-6-12(7-5-9)17(14,15)16-8-10(2)11(3)13/h4-7,10-11,13H,8H2,1-3H3/t10-,11-/m0/s1. The van der Waals surface area contributed by atoms with Gasteiger partial charge in [0.25, 0.3) is 10.1 Å². The molecule has 1 aromatic carbocycles. The Labute approximate surface area is 102 Å². The first kappa shape index (κ1) is 14.2. The fourth-order valence-electron chi connectivity index (χ4n) is 1.11. The van der Waals surface area contributed by atoms with Gasteiger partial charge in [0.2, 0.25) is 0 Å².